The van der Waals surface area contributed by atoms with Gasteiger partial charge in [0, 0.05) is 7.05 Å². The number of rotatable bonds is 6. The molecule has 0 bridgehead atoms. The average Bonchev–Trinajstić information content (AvgIpc) is 2.92. The van der Waals surface area contributed by atoms with Crippen LogP contribution in [0.15, 0.2) is 16.5 Å². The second-order valence-corrected chi connectivity index (χ2v) is 4.56. The minimum absolute atomic E-state index is 0.430. The van der Waals surface area contributed by atoms with E-state index in [4.69, 9.17) is 9.15 Å². The van der Waals surface area contributed by atoms with Crippen LogP contribution in [0.5, 0.6) is 5.75 Å². The summed E-state index contributed by atoms with van der Waals surface area (Å²) in [5, 5.41) is 7.54. The Labute approximate surface area is 113 Å². The van der Waals surface area contributed by atoms with Gasteiger partial charge in [-0.25, -0.2) is 0 Å². The lowest BCUT2D eigenvalue weighted by atomic mass is 10.3. The van der Waals surface area contributed by atoms with Crippen molar-refractivity contribution in [1.29, 1.82) is 0 Å². The number of hydrogen-bond acceptors (Lipinski definition) is 4. The van der Waals surface area contributed by atoms with E-state index in [0.29, 0.717) is 6.61 Å². The van der Waals surface area contributed by atoms with Gasteiger partial charge in [0.25, 0.3) is 0 Å². The average molecular weight is 263 g/mol. The number of furan rings is 1. The molecule has 0 saturated heterocycles. The van der Waals surface area contributed by atoms with E-state index in [0.717, 1.165) is 41.7 Å². The summed E-state index contributed by atoms with van der Waals surface area (Å²) in [6, 6.07) is 3.93. The van der Waals surface area contributed by atoms with Gasteiger partial charge in [0.05, 0.1) is 12.2 Å². The number of aryl methyl sites for hydroxylation is 2. The standard InChI is InChI=1S/C14H21N3O2/c1-5-15-8-12-6-7-13(19-12)9-18-14-10(2)16-17(4)11(14)3/h6-7,15H,5,8-9H2,1-4H3. The van der Waals surface area contributed by atoms with Crippen molar-refractivity contribution in [3.63, 3.8) is 0 Å². The van der Waals surface area contributed by atoms with Crippen LogP contribution >= 0.6 is 0 Å². The fraction of sp³-hybridized carbons (Fsp3) is 0.500. The third kappa shape index (κ3) is 3.17. The summed E-state index contributed by atoms with van der Waals surface area (Å²) < 4.78 is 13.3. The fourth-order valence-electron chi connectivity index (χ4n) is 1.95. The van der Waals surface area contributed by atoms with Gasteiger partial charge in [-0.1, -0.05) is 6.92 Å². The molecule has 0 saturated carbocycles. The zero-order chi connectivity index (χ0) is 13.8. The molecule has 2 rings (SSSR count). The van der Waals surface area contributed by atoms with Gasteiger partial charge in [-0.15, -0.1) is 0 Å². The van der Waals surface area contributed by atoms with Gasteiger partial charge in [-0.2, -0.15) is 5.10 Å². The van der Waals surface area contributed by atoms with Crippen molar-refractivity contribution in [3.05, 3.63) is 35.0 Å². The lowest BCUT2D eigenvalue weighted by Crippen LogP contribution is -2.10. The molecule has 5 nitrogen and oxygen atoms in total. The summed E-state index contributed by atoms with van der Waals surface area (Å²) in [5.74, 6) is 2.60. The van der Waals surface area contributed by atoms with E-state index >= 15 is 0 Å². The highest BCUT2D eigenvalue weighted by atomic mass is 16.5. The third-order valence-corrected chi connectivity index (χ3v) is 3.07. The van der Waals surface area contributed by atoms with E-state index < -0.39 is 0 Å². The number of nitrogens with zero attached hydrogens (tertiary/aromatic N) is 2. The Morgan fingerprint density at radius 2 is 2.05 bits per heavy atom. The third-order valence-electron chi connectivity index (χ3n) is 3.07. The van der Waals surface area contributed by atoms with Gasteiger partial charge < -0.3 is 14.5 Å². The van der Waals surface area contributed by atoms with E-state index in [-0.39, 0.29) is 0 Å². The summed E-state index contributed by atoms with van der Waals surface area (Å²) in [4.78, 5) is 0. The largest absolute Gasteiger partial charge is 0.482 e. The Morgan fingerprint density at radius 3 is 2.68 bits per heavy atom. The van der Waals surface area contributed by atoms with Gasteiger partial charge in [-0.3, -0.25) is 4.68 Å². The second kappa shape index (κ2) is 5.93. The summed E-state index contributed by atoms with van der Waals surface area (Å²) in [5.41, 5.74) is 1.93. The Bertz CT molecular complexity index is 543. The van der Waals surface area contributed by atoms with Gasteiger partial charge in [0.1, 0.15) is 23.8 Å². The fourth-order valence-corrected chi connectivity index (χ4v) is 1.95. The maximum Gasteiger partial charge on any atom is 0.163 e. The summed E-state index contributed by atoms with van der Waals surface area (Å²) >= 11 is 0. The van der Waals surface area contributed by atoms with E-state index in [1.807, 2.05) is 37.7 Å². The zero-order valence-electron chi connectivity index (χ0n) is 12.0. The molecule has 104 valence electrons. The predicted molar refractivity (Wildman–Crippen MR) is 73.1 cm³/mol. The molecule has 1 N–H and O–H groups in total. The minimum Gasteiger partial charge on any atom is -0.482 e. The number of nitrogens with one attached hydrogen (secondary N) is 1. The number of hydrogen-bond donors (Lipinski definition) is 1. The van der Waals surface area contributed by atoms with Crippen LogP contribution in [0.3, 0.4) is 0 Å². The highest BCUT2D eigenvalue weighted by Gasteiger charge is 2.11. The topological polar surface area (TPSA) is 52.2 Å². The molecule has 2 heterocycles. The normalized spacial score (nSPS) is 10.9. The molecule has 2 aromatic rings. The molecule has 19 heavy (non-hydrogen) atoms. The predicted octanol–water partition coefficient (Wildman–Crippen LogP) is 2.32. The smallest absolute Gasteiger partial charge is 0.163 e. The molecule has 0 spiro atoms. The molecule has 0 amide bonds. The van der Waals surface area contributed by atoms with Crippen LogP contribution in [-0.2, 0) is 20.2 Å². The quantitative estimate of drug-likeness (QED) is 0.869. The molecule has 0 atom stereocenters. The van der Waals surface area contributed by atoms with Crippen LogP contribution < -0.4 is 10.1 Å². The number of ether oxygens (including phenoxy) is 1. The molecule has 0 aliphatic heterocycles. The molecule has 2 aromatic heterocycles. The van der Waals surface area contributed by atoms with Crippen LogP contribution in [-0.4, -0.2) is 16.3 Å². The molecule has 0 radical (unpaired) electrons. The highest BCUT2D eigenvalue weighted by Crippen LogP contribution is 2.22. The van der Waals surface area contributed by atoms with Crippen LogP contribution in [0.4, 0.5) is 0 Å². The van der Waals surface area contributed by atoms with Crippen LogP contribution in [0, 0.1) is 13.8 Å². The van der Waals surface area contributed by atoms with Crippen molar-refractivity contribution in [2.75, 3.05) is 6.54 Å². The number of aromatic nitrogens is 2. The first-order valence-corrected chi connectivity index (χ1v) is 6.53. The lowest BCUT2D eigenvalue weighted by Gasteiger charge is -2.04. The van der Waals surface area contributed by atoms with Gasteiger partial charge in [0.15, 0.2) is 5.75 Å². The van der Waals surface area contributed by atoms with Gasteiger partial charge >= 0.3 is 0 Å². The molecule has 5 heteroatoms. The summed E-state index contributed by atoms with van der Waals surface area (Å²) in [6.07, 6.45) is 0. The zero-order valence-corrected chi connectivity index (χ0v) is 12.0. The summed E-state index contributed by atoms with van der Waals surface area (Å²) in [6.45, 7) is 8.12. The molecular formula is C14H21N3O2. The Morgan fingerprint density at radius 1 is 1.32 bits per heavy atom. The van der Waals surface area contributed by atoms with Crippen LogP contribution in [0.2, 0.25) is 0 Å². The first kappa shape index (κ1) is 13.7. The molecule has 0 unspecified atom stereocenters. The van der Waals surface area contributed by atoms with E-state index in [2.05, 4.69) is 17.3 Å². The van der Waals surface area contributed by atoms with E-state index in [9.17, 15) is 0 Å². The maximum atomic E-state index is 5.79. The molecule has 0 aliphatic carbocycles. The first-order valence-electron chi connectivity index (χ1n) is 6.53. The van der Waals surface area contributed by atoms with Crippen molar-refractivity contribution >= 4 is 0 Å². The molecule has 0 aromatic carbocycles. The lowest BCUT2D eigenvalue weighted by molar-refractivity contribution is 0.262. The Hall–Kier alpha value is -1.75. The highest BCUT2D eigenvalue weighted by molar-refractivity contribution is 5.31. The van der Waals surface area contributed by atoms with Crippen LogP contribution in [0.25, 0.3) is 0 Å². The Balaban J connectivity index is 1.96. The van der Waals surface area contributed by atoms with Crippen molar-refractivity contribution in [2.24, 2.45) is 7.05 Å². The van der Waals surface area contributed by atoms with Gasteiger partial charge in [-0.05, 0) is 32.5 Å². The van der Waals surface area contributed by atoms with Crippen molar-refractivity contribution < 1.29 is 9.15 Å². The van der Waals surface area contributed by atoms with Crippen molar-refractivity contribution in [2.45, 2.75) is 33.9 Å². The van der Waals surface area contributed by atoms with E-state index in [1.165, 1.54) is 0 Å². The first-order chi connectivity index (χ1) is 9.11. The van der Waals surface area contributed by atoms with E-state index in [1.54, 1.807) is 0 Å². The van der Waals surface area contributed by atoms with Crippen molar-refractivity contribution in [1.82, 2.24) is 15.1 Å². The Kier molecular flexibility index (Phi) is 4.27. The molecule has 0 aliphatic rings. The SMILES string of the molecule is CCNCc1ccc(COc2c(C)nn(C)c2C)o1. The summed E-state index contributed by atoms with van der Waals surface area (Å²) in [7, 11) is 1.91. The second-order valence-electron chi connectivity index (χ2n) is 4.56. The minimum atomic E-state index is 0.430. The monoisotopic (exact) mass is 263 g/mol. The van der Waals surface area contributed by atoms with Crippen LogP contribution in [0.1, 0.15) is 29.8 Å². The van der Waals surface area contributed by atoms with Gasteiger partial charge in [0.2, 0.25) is 0 Å². The van der Waals surface area contributed by atoms with Crippen molar-refractivity contribution in [3.8, 4) is 5.75 Å². The maximum absolute atomic E-state index is 5.79. The molecule has 0 fully saturated rings. The molecular weight excluding hydrogens is 242 g/mol.